The van der Waals surface area contributed by atoms with Crippen molar-refractivity contribution in [2.24, 2.45) is 5.41 Å². The van der Waals surface area contributed by atoms with Crippen LogP contribution in [0.4, 0.5) is 0 Å². The van der Waals surface area contributed by atoms with E-state index in [9.17, 15) is 9.59 Å². The van der Waals surface area contributed by atoms with E-state index >= 15 is 0 Å². The maximum atomic E-state index is 12.5. The number of nitrogens with zero attached hydrogens (tertiary/aromatic N) is 2. The summed E-state index contributed by atoms with van der Waals surface area (Å²) in [5.74, 6) is -0.768. The van der Waals surface area contributed by atoms with Crippen molar-refractivity contribution < 1.29 is 14.3 Å². The molecule has 0 N–H and O–H groups in total. The van der Waals surface area contributed by atoms with Crippen molar-refractivity contribution in [1.29, 1.82) is 5.26 Å². The zero-order valence-electron chi connectivity index (χ0n) is 12.7. The normalized spacial score (nSPS) is 22.1. The van der Waals surface area contributed by atoms with Crippen LogP contribution < -0.4 is 0 Å². The van der Waals surface area contributed by atoms with E-state index in [1.54, 1.807) is 6.92 Å². The molecule has 0 unspecified atom stereocenters. The van der Waals surface area contributed by atoms with E-state index in [4.69, 9.17) is 10.00 Å². The second-order valence-corrected chi connectivity index (χ2v) is 5.51. The highest BCUT2D eigenvalue weighted by Crippen LogP contribution is 2.34. The Morgan fingerprint density at radius 1 is 1.41 bits per heavy atom. The largest absolute Gasteiger partial charge is 0.465 e. The third-order valence-electron chi connectivity index (χ3n) is 4.05. The van der Waals surface area contributed by atoms with Crippen LogP contribution in [0.3, 0.4) is 0 Å². The molecule has 1 saturated heterocycles. The van der Waals surface area contributed by atoms with Gasteiger partial charge in [-0.15, -0.1) is 0 Å². The molecule has 0 bridgehead atoms. The third-order valence-corrected chi connectivity index (χ3v) is 4.05. The summed E-state index contributed by atoms with van der Waals surface area (Å²) in [6.45, 7) is 3.36. The molecular formula is C17H20N2O3. The summed E-state index contributed by atoms with van der Waals surface area (Å²) in [7, 11) is 0. The standard InChI is InChI=1S/C17H20N2O3/c1-2-22-16(21)17(8-10-18)9-11-19(13-15(17)20)12-14-6-4-3-5-7-14/h3-7H,2,8-9,11-13H2,1H3/t17-/m1/s1. The van der Waals surface area contributed by atoms with Gasteiger partial charge in [0.15, 0.2) is 5.78 Å². The number of benzene rings is 1. The number of Topliss-reactive ketones (excluding diaryl/α,β-unsaturated/α-hetero) is 1. The molecular weight excluding hydrogens is 280 g/mol. The molecule has 0 radical (unpaired) electrons. The van der Waals surface area contributed by atoms with Crippen LogP contribution in [0.25, 0.3) is 0 Å². The van der Waals surface area contributed by atoms with E-state index < -0.39 is 11.4 Å². The number of piperidine rings is 1. The van der Waals surface area contributed by atoms with Crippen molar-refractivity contribution in [3.63, 3.8) is 0 Å². The number of likely N-dealkylation sites (tertiary alicyclic amines) is 1. The molecule has 22 heavy (non-hydrogen) atoms. The molecule has 1 atom stereocenters. The number of nitriles is 1. The Bertz CT molecular complexity index is 579. The lowest BCUT2D eigenvalue weighted by Crippen LogP contribution is -2.52. The average Bonchev–Trinajstić information content (AvgIpc) is 2.51. The highest BCUT2D eigenvalue weighted by molar-refractivity contribution is 6.05. The lowest BCUT2D eigenvalue weighted by Gasteiger charge is -2.37. The van der Waals surface area contributed by atoms with Gasteiger partial charge in [0.1, 0.15) is 5.41 Å². The Labute approximate surface area is 130 Å². The SMILES string of the molecule is CCOC(=O)[C@]1(CC#N)CCN(Cc2ccccc2)CC1=O. The minimum atomic E-state index is -1.28. The van der Waals surface area contributed by atoms with Crippen molar-refractivity contribution in [2.75, 3.05) is 19.7 Å². The highest BCUT2D eigenvalue weighted by atomic mass is 16.5. The number of hydrogen-bond acceptors (Lipinski definition) is 5. The van der Waals surface area contributed by atoms with Gasteiger partial charge >= 0.3 is 5.97 Å². The predicted molar refractivity (Wildman–Crippen MR) is 80.6 cm³/mol. The fraction of sp³-hybridized carbons (Fsp3) is 0.471. The third kappa shape index (κ3) is 3.34. The van der Waals surface area contributed by atoms with E-state index in [0.29, 0.717) is 19.5 Å². The summed E-state index contributed by atoms with van der Waals surface area (Å²) in [6.07, 6.45) is 0.231. The molecule has 0 aromatic heterocycles. The second-order valence-electron chi connectivity index (χ2n) is 5.51. The maximum Gasteiger partial charge on any atom is 0.320 e. The van der Waals surface area contributed by atoms with Gasteiger partial charge in [0.25, 0.3) is 0 Å². The highest BCUT2D eigenvalue weighted by Gasteiger charge is 2.49. The lowest BCUT2D eigenvalue weighted by atomic mass is 9.75. The monoisotopic (exact) mass is 300 g/mol. The predicted octanol–water partition coefficient (Wildman–Crippen LogP) is 1.92. The van der Waals surface area contributed by atoms with Crippen LogP contribution in [0.15, 0.2) is 30.3 Å². The van der Waals surface area contributed by atoms with E-state index in [-0.39, 0.29) is 25.4 Å². The van der Waals surface area contributed by atoms with Gasteiger partial charge in [0.05, 0.1) is 25.6 Å². The van der Waals surface area contributed by atoms with Gasteiger partial charge in [-0.1, -0.05) is 30.3 Å². The summed E-state index contributed by atoms with van der Waals surface area (Å²) >= 11 is 0. The van der Waals surface area contributed by atoms with Crippen LogP contribution in [0.2, 0.25) is 0 Å². The first-order chi connectivity index (χ1) is 10.6. The fourth-order valence-electron chi connectivity index (χ4n) is 2.78. The second kappa shape index (κ2) is 7.19. The number of esters is 1. The Balaban J connectivity index is 2.08. The molecule has 116 valence electrons. The molecule has 1 aliphatic rings. The Kier molecular flexibility index (Phi) is 5.29. The number of carbonyl (C=O) groups is 2. The number of ketones is 1. The molecule has 2 rings (SSSR count). The van der Waals surface area contributed by atoms with Gasteiger partial charge in [-0.2, -0.15) is 5.26 Å². The molecule has 1 heterocycles. The number of hydrogen-bond donors (Lipinski definition) is 0. The Morgan fingerprint density at radius 3 is 2.73 bits per heavy atom. The van der Waals surface area contributed by atoms with Gasteiger partial charge in [-0.3, -0.25) is 14.5 Å². The van der Waals surface area contributed by atoms with Crippen molar-refractivity contribution in [2.45, 2.75) is 26.3 Å². The average molecular weight is 300 g/mol. The molecule has 1 aliphatic heterocycles. The molecule has 0 amide bonds. The molecule has 0 saturated carbocycles. The molecule has 1 aromatic carbocycles. The Morgan fingerprint density at radius 2 is 2.14 bits per heavy atom. The quantitative estimate of drug-likeness (QED) is 0.614. The topological polar surface area (TPSA) is 70.4 Å². The number of rotatable bonds is 5. The first kappa shape index (κ1) is 16.2. The Hall–Kier alpha value is -2.19. The van der Waals surface area contributed by atoms with Crippen LogP contribution in [0.1, 0.15) is 25.3 Å². The van der Waals surface area contributed by atoms with Gasteiger partial charge in [-0.05, 0) is 18.9 Å². The van der Waals surface area contributed by atoms with Gasteiger partial charge in [0.2, 0.25) is 0 Å². The van der Waals surface area contributed by atoms with Gasteiger partial charge < -0.3 is 4.74 Å². The zero-order valence-corrected chi connectivity index (χ0v) is 12.7. The molecule has 5 heteroatoms. The van der Waals surface area contributed by atoms with Gasteiger partial charge in [0, 0.05) is 13.1 Å². The van der Waals surface area contributed by atoms with E-state index in [2.05, 4.69) is 0 Å². The fourth-order valence-corrected chi connectivity index (χ4v) is 2.78. The van der Waals surface area contributed by atoms with Crippen molar-refractivity contribution in [3.05, 3.63) is 35.9 Å². The number of ether oxygens (including phenoxy) is 1. The van der Waals surface area contributed by atoms with E-state index in [1.165, 1.54) is 0 Å². The molecule has 5 nitrogen and oxygen atoms in total. The molecule has 0 spiro atoms. The lowest BCUT2D eigenvalue weighted by molar-refractivity contribution is -0.163. The van der Waals surface area contributed by atoms with Crippen LogP contribution in [0.5, 0.6) is 0 Å². The smallest absolute Gasteiger partial charge is 0.320 e. The van der Waals surface area contributed by atoms with Crippen LogP contribution in [-0.2, 0) is 20.9 Å². The maximum absolute atomic E-state index is 12.5. The summed E-state index contributed by atoms with van der Waals surface area (Å²) in [6, 6.07) is 11.9. The molecule has 1 aromatic rings. The van der Waals surface area contributed by atoms with E-state index in [1.807, 2.05) is 41.3 Å². The summed E-state index contributed by atoms with van der Waals surface area (Å²) < 4.78 is 5.03. The van der Waals surface area contributed by atoms with Crippen molar-refractivity contribution in [3.8, 4) is 6.07 Å². The molecule has 0 aliphatic carbocycles. The first-order valence-corrected chi connectivity index (χ1v) is 7.46. The summed E-state index contributed by atoms with van der Waals surface area (Å²) in [5.41, 5.74) is -0.156. The van der Waals surface area contributed by atoms with Crippen LogP contribution in [-0.4, -0.2) is 36.3 Å². The molecule has 1 fully saturated rings. The summed E-state index contributed by atoms with van der Waals surface area (Å²) in [4.78, 5) is 26.7. The minimum Gasteiger partial charge on any atom is -0.465 e. The van der Waals surface area contributed by atoms with Crippen molar-refractivity contribution >= 4 is 11.8 Å². The van der Waals surface area contributed by atoms with Gasteiger partial charge in [-0.25, -0.2) is 0 Å². The minimum absolute atomic E-state index is 0.107. The first-order valence-electron chi connectivity index (χ1n) is 7.46. The van der Waals surface area contributed by atoms with Crippen LogP contribution in [0, 0.1) is 16.7 Å². The summed E-state index contributed by atoms with van der Waals surface area (Å²) in [5, 5.41) is 9.00. The van der Waals surface area contributed by atoms with E-state index in [0.717, 1.165) is 5.56 Å². The van der Waals surface area contributed by atoms with Crippen molar-refractivity contribution in [1.82, 2.24) is 4.90 Å². The number of carbonyl (C=O) groups excluding carboxylic acids is 2. The zero-order chi connectivity index (χ0) is 16.0. The van der Waals surface area contributed by atoms with Crippen LogP contribution >= 0.6 is 0 Å².